The summed E-state index contributed by atoms with van der Waals surface area (Å²) in [4.78, 5) is 10.7. The SMILES string of the molecule is CN=C(NCc1cccnc1N(C)C)NCC1CCCS1.I. The fourth-order valence-corrected chi connectivity index (χ4v) is 3.59. The number of hydrogen-bond donors (Lipinski definition) is 2. The topological polar surface area (TPSA) is 52.6 Å². The van der Waals surface area contributed by atoms with Crippen LogP contribution in [0.2, 0.25) is 0 Å². The first kappa shape index (κ1) is 19.3. The van der Waals surface area contributed by atoms with E-state index in [9.17, 15) is 0 Å². The molecule has 1 aliphatic rings. The lowest BCUT2D eigenvalue weighted by atomic mass is 10.2. The van der Waals surface area contributed by atoms with Crippen LogP contribution in [0.4, 0.5) is 5.82 Å². The molecule has 124 valence electrons. The normalized spacial score (nSPS) is 17.8. The minimum absolute atomic E-state index is 0. The number of halogens is 1. The molecule has 1 atom stereocenters. The fourth-order valence-electron chi connectivity index (χ4n) is 2.39. The van der Waals surface area contributed by atoms with Crippen molar-refractivity contribution in [2.45, 2.75) is 24.6 Å². The van der Waals surface area contributed by atoms with Crippen LogP contribution in [0.5, 0.6) is 0 Å². The molecule has 1 aliphatic heterocycles. The second kappa shape index (κ2) is 10.1. The van der Waals surface area contributed by atoms with Crippen molar-refractivity contribution in [3.8, 4) is 0 Å². The van der Waals surface area contributed by atoms with Gasteiger partial charge in [-0.05, 0) is 24.7 Å². The van der Waals surface area contributed by atoms with Crippen LogP contribution in [-0.4, -0.2) is 49.6 Å². The molecule has 5 nitrogen and oxygen atoms in total. The molecule has 7 heteroatoms. The molecule has 0 aliphatic carbocycles. The summed E-state index contributed by atoms with van der Waals surface area (Å²) in [6.45, 7) is 1.71. The quantitative estimate of drug-likeness (QED) is 0.423. The van der Waals surface area contributed by atoms with E-state index in [1.165, 1.54) is 24.2 Å². The highest BCUT2D eigenvalue weighted by molar-refractivity contribution is 14.0. The summed E-state index contributed by atoms with van der Waals surface area (Å²) in [6, 6.07) is 4.06. The van der Waals surface area contributed by atoms with Gasteiger partial charge in [-0.2, -0.15) is 11.8 Å². The van der Waals surface area contributed by atoms with Gasteiger partial charge in [-0.15, -0.1) is 24.0 Å². The van der Waals surface area contributed by atoms with Crippen molar-refractivity contribution in [2.75, 3.05) is 38.3 Å². The Kier molecular flexibility index (Phi) is 8.92. The Balaban J connectivity index is 0.00000242. The number of anilines is 1. The van der Waals surface area contributed by atoms with Crippen molar-refractivity contribution in [2.24, 2.45) is 4.99 Å². The molecule has 0 amide bonds. The molecule has 1 fully saturated rings. The van der Waals surface area contributed by atoms with Gasteiger partial charge >= 0.3 is 0 Å². The maximum absolute atomic E-state index is 4.41. The first-order chi connectivity index (χ1) is 10.2. The summed E-state index contributed by atoms with van der Waals surface area (Å²) in [5.41, 5.74) is 1.17. The predicted octanol–water partition coefficient (Wildman–Crippen LogP) is 2.33. The molecule has 2 N–H and O–H groups in total. The molecule has 2 rings (SSSR count). The minimum Gasteiger partial charge on any atom is -0.362 e. The van der Waals surface area contributed by atoms with Crippen LogP contribution in [0.15, 0.2) is 23.3 Å². The summed E-state index contributed by atoms with van der Waals surface area (Å²) < 4.78 is 0. The van der Waals surface area contributed by atoms with Gasteiger partial charge in [0.1, 0.15) is 5.82 Å². The lowest BCUT2D eigenvalue weighted by Gasteiger charge is -2.18. The zero-order chi connectivity index (χ0) is 15.1. The van der Waals surface area contributed by atoms with Gasteiger partial charge in [0.15, 0.2) is 5.96 Å². The van der Waals surface area contributed by atoms with Crippen molar-refractivity contribution < 1.29 is 0 Å². The fraction of sp³-hybridized carbons (Fsp3) is 0.600. The van der Waals surface area contributed by atoms with Gasteiger partial charge in [-0.3, -0.25) is 4.99 Å². The summed E-state index contributed by atoms with van der Waals surface area (Å²) in [5, 5.41) is 7.50. The molecule has 1 aromatic heterocycles. The van der Waals surface area contributed by atoms with Gasteiger partial charge in [-0.25, -0.2) is 4.98 Å². The van der Waals surface area contributed by atoms with Gasteiger partial charge in [0.05, 0.1) is 0 Å². The molecular weight excluding hydrogens is 409 g/mol. The molecular formula is C15H26IN5S. The van der Waals surface area contributed by atoms with Gasteiger partial charge in [0.2, 0.25) is 0 Å². The first-order valence-electron chi connectivity index (χ1n) is 7.38. The highest BCUT2D eigenvalue weighted by Gasteiger charge is 2.15. The minimum atomic E-state index is 0. The van der Waals surface area contributed by atoms with Gasteiger partial charge in [-0.1, -0.05) is 6.07 Å². The molecule has 0 bridgehead atoms. The van der Waals surface area contributed by atoms with Gasteiger partial charge in [0, 0.05) is 51.2 Å². The molecule has 1 unspecified atom stereocenters. The third-order valence-electron chi connectivity index (χ3n) is 3.48. The van der Waals surface area contributed by atoms with Crippen LogP contribution in [-0.2, 0) is 6.54 Å². The number of pyridine rings is 1. The third-order valence-corrected chi connectivity index (χ3v) is 4.88. The Bertz CT molecular complexity index is 475. The zero-order valence-electron chi connectivity index (χ0n) is 13.5. The van der Waals surface area contributed by atoms with Crippen molar-refractivity contribution in [1.82, 2.24) is 15.6 Å². The largest absolute Gasteiger partial charge is 0.362 e. The summed E-state index contributed by atoms with van der Waals surface area (Å²) in [5.74, 6) is 3.14. The lowest BCUT2D eigenvalue weighted by molar-refractivity contribution is 0.725. The number of nitrogens with zero attached hydrogens (tertiary/aromatic N) is 3. The summed E-state index contributed by atoms with van der Waals surface area (Å²) in [7, 11) is 5.83. The van der Waals surface area contributed by atoms with Gasteiger partial charge < -0.3 is 15.5 Å². The van der Waals surface area contributed by atoms with Crippen LogP contribution in [0.1, 0.15) is 18.4 Å². The summed E-state index contributed by atoms with van der Waals surface area (Å²) >= 11 is 2.05. The van der Waals surface area contributed by atoms with E-state index in [2.05, 4.69) is 38.4 Å². The molecule has 22 heavy (non-hydrogen) atoms. The number of rotatable bonds is 5. The van der Waals surface area contributed by atoms with E-state index in [1.807, 2.05) is 38.3 Å². The van der Waals surface area contributed by atoms with Crippen LogP contribution >= 0.6 is 35.7 Å². The van der Waals surface area contributed by atoms with E-state index < -0.39 is 0 Å². The Labute approximate surface area is 154 Å². The molecule has 1 aromatic rings. The second-order valence-corrected chi connectivity index (χ2v) is 6.73. The van der Waals surface area contributed by atoms with E-state index in [0.29, 0.717) is 0 Å². The van der Waals surface area contributed by atoms with E-state index in [1.54, 1.807) is 0 Å². The molecule has 1 saturated heterocycles. The van der Waals surface area contributed by atoms with Crippen LogP contribution in [0.25, 0.3) is 0 Å². The second-order valence-electron chi connectivity index (χ2n) is 5.32. The average molecular weight is 435 g/mol. The summed E-state index contributed by atoms with van der Waals surface area (Å²) in [6.07, 6.45) is 4.47. The first-order valence-corrected chi connectivity index (χ1v) is 8.43. The average Bonchev–Trinajstić information content (AvgIpc) is 3.01. The Morgan fingerprint density at radius 2 is 2.27 bits per heavy atom. The molecule has 0 spiro atoms. The van der Waals surface area contributed by atoms with Crippen molar-refractivity contribution >= 4 is 47.5 Å². The number of hydrogen-bond acceptors (Lipinski definition) is 4. The van der Waals surface area contributed by atoms with Gasteiger partial charge in [0.25, 0.3) is 0 Å². The highest BCUT2D eigenvalue weighted by Crippen LogP contribution is 2.25. The Morgan fingerprint density at radius 1 is 1.45 bits per heavy atom. The molecule has 0 saturated carbocycles. The number of nitrogens with one attached hydrogen (secondary N) is 2. The molecule has 0 aromatic carbocycles. The molecule has 2 heterocycles. The standard InChI is InChI=1S/C15H25N5S.HI/c1-16-15(19-11-13-7-5-9-21-13)18-10-12-6-4-8-17-14(12)20(2)3;/h4,6,8,13H,5,7,9-11H2,1-3H3,(H2,16,18,19);1H. The van der Waals surface area contributed by atoms with Crippen LogP contribution < -0.4 is 15.5 Å². The van der Waals surface area contributed by atoms with Crippen molar-refractivity contribution in [3.05, 3.63) is 23.9 Å². The number of aliphatic imine (C=N–C) groups is 1. The maximum atomic E-state index is 4.41. The smallest absolute Gasteiger partial charge is 0.191 e. The number of aromatic nitrogens is 1. The molecule has 0 radical (unpaired) electrons. The van der Waals surface area contributed by atoms with E-state index in [4.69, 9.17) is 0 Å². The number of guanidine groups is 1. The van der Waals surface area contributed by atoms with E-state index in [0.717, 1.165) is 30.1 Å². The predicted molar refractivity (Wildman–Crippen MR) is 108 cm³/mol. The Morgan fingerprint density at radius 3 is 2.91 bits per heavy atom. The van der Waals surface area contributed by atoms with Crippen LogP contribution in [0.3, 0.4) is 0 Å². The number of thioether (sulfide) groups is 1. The zero-order valence-corrected chi connectivity index (χ0v) is 16.6. The van der Waals surface area contributed by atoms with E-state index >= 15 is 0 Å². The Hall–Kier alpha value is -0.700. The van der Waals surface area contributed by atoms with Crippen molar-refractivity contribution in [1.29, 1.82) is 0 Å². The van der Waals surface area contributed by atoms with E-state index in [-0.39, 0.29) is 24.0 Å². The third kappa shape index (κ3) is 5.83. The monoisotopic (exact) mass is 435 g/mol. The lowest BCUT2D eigenvalue weighted by Crippen LogP contribution is -2.40. The maximum Gasteiger partial charge on any atom is 0.191 e. The van der Waals surface area contributed by atoms with Crippen molar-refractivity contribution in [3.63, 3.8) is 0 Å². The van der Waals surface area contributed by atoms with Crippen LogP contribution in [0, 0.1) is 0 Å². The highest BCUT2D eigenvalue weighted by atomic mass is 127.